The number of hydrogen-bond acceptors (Lipinski definition) is 9. The summed E-state index contributed by atoms with van der Waals surface area (Å²) in [5.74, 6) is 0.246. The molecule has 1 amide bonds. The number of hydrogen-bond donors (Lipinski definition) is 1. The molecule has 0 bridgehead atoms. The summed E-state index contributed by atoms with van der Waals surface area (Å²) >= 11 is 0. The topological polar surface area (TPSA) is 168 Å². The van der Waals surface area contributed by atoms with E-state index in [0.717, 1.165) is 29.3 Å². The van der Waals surface area contributed by atoms with Gasteiger partial charge in [-0.1, -0.05) is 18.1 Å². The van der Waals surface area contributed by atoms with Gasteiger partial charge in [-0.2, -0.15) is 9.46 Å². The number of aryl methyl sites for hydroxylation is 2. The fourth-order valence-electron chi connectivity index (χ4n) is 10.4. The standard InChI is InChI=1S/C46H46FN9O6S/c1-25-18-34(19-26(2)40(25)47)56-41(54-15-14-53(45(54)59)33-7-8-35-32(21-33)24-63(5,60)51-35)39-28(4)52(13-10-36(39)49-56)42(57)38-22-31-20-30(29-11-16-61-17-12-29)6-9-37(31)55(38)46(23-27(46)3)43-48-44(58)62-50-43/h6-9,14-15,18-22,27-29H,10-13,16-17,23-24H2,1-5H3,(H,48,50,58)/t27-,28-,46-,63?/m0/s1. The minimum Gasteiger partial charge on any atom is -0.381 e. The second-order valence-corrected chi connectivity index (χ2v) is 20.2. The molecule has 7 aromatic rings. The number of benzene rings is 3. The van der Waals surface area contributed by atoms with Crippen molar-refractivity contribution >= 4 is 32.2 Å². The number of nitrogens with zero attached hydrogens (tertiary/aromatic N) is 8. The first-order valence-corrected chi connectivity index (χ1v) is 23.4. The Hall–Kier alpha value is -6.33. The van der Waals surface area contributed by atoms with E-state index < -0.39 is 27.1 Å². The minimum absolute atomic E-state index is 0.0236. The van der Waals surface area contributed by atoms with Gasteiger partial charge < -0.3 is 14.2 Å². The predicted molar refractivity (Wildman–Crippen MR) is 234 cm³/mol. The molecule has 4 atom stereocenters. The molecule has 1 saturated heterocycles. The lowest BCUT2D eigenvalue weighted by Gasteiger charge is -2.34. The molecule has 0 spiro atoms. The van der Waals surface area contributed by atoms with Crippen molar-refractivity contribution in [3.05, 3.63) is 139 Å². The van der Waals surface area contributed by atoms with Gasteiger partial charge in [0.1, 0.15) is 22.9 Å². The smallest absolute Gasteiger partial charge is 0.381 e. The number of imidazole rings is 1. The summed E-state index contributed by atoms with van der Waals surface area (Å²) < 4.78 is 49.8. The van der Waals surface area contributed by atoms with Crippen LogP contribution in [0.5, 0.6) is 0 Å². The van der Waals surface area contributed by atoms with Gasteiger partial charge in [-0.15, -0.1) is 0 Å². The molecule has 63 heavy (non-hydrogen) atoms. The number of H-pyrrole nitrogens is 1. The van der Waals surface area contributed by atoms with E-state index in [4.69, 9.17) is 14.4 Å². The first kappa shape index (κ1) is 39.5. The van der Waals surface area contributed by atoms with Crippen LogP contribution in [0.15, 0.2) is 85.5 Å². The number of rotatable bonds is 7. The molecule has 15 nitrogen and oxygen atoms in total. The fraction of sp³-hybridized carbons (Fsp3) is 0.370. The van der Waals surface area contributed by atoms with Gasteiger partial charge in [-0.3, -0.25) is 23.4 Å². The highest BCUT2D eigenvalue weighted by molar-refractivity contribution is 7.92. The van der Waals surface area contributed by atoms with Crippen LogP contribution in [0.3, 0.4) is 0 Å². The van der Waals surface area contributed by atoms with E-state index in [0.29, 0.717) is 101 Å². The second-order valence-electron chi connectivity index (χ2n) is 17.8. The Labute approximate surface area is 361 Å². The number of aromatic amines is 1. The molecule has 4 aliphatic rings. The van der Waals surface area contributed by atoms with Gasteiger partial charge in [0.2, 0.25) is 0 Å². The van der Waals surface area contributed by atoms with Crippen molar-refractivity contribution in [2.75, 3.05) is 26.0 Å². The van der Waals surface area contributed by atoms with E-state index in [-0.39, 0.29) is 23.3 Å². The Balaban J connectivity index is 1.05. The van der Waals surface area contributed by atoms with E-state index >= 15 is 9.18 Å². The molecule has 0 radical (unpaired) electrons. The van der Waals surface area contributed by atoms with Gasteiger partial charge in [-0.05, 0) is 123 Å². The molecule has 2 fully saturated rings. The van der Waals surface area contributed by atoms with Crippen molar-refractivity contribution in [1.29, 1.82) is 0 Å². The molecule has 3 aliphatic heterocycles. The summed E-state index contributed by atoms with van der Waals surface area (Å²) in [6, 6.07) is 16.6. The van der Waals surface area contributed by atoms with Gasteiger partial charge in [0.05, 0.1) is 44.3 Å². The van der Waals surface area contributed by atoms with Gasteiger partial charge in [0.25, 0.3) is 5.91 Å². The Bertz CT molecular complexity index is 3300. The number of halogens is 1. The average molecular weight is 872 g/mol. The number of amides is 1. The largest absolute Gasteiger partial charge is 0.438 e. The highest BCUT2D eigenvalue weighted by Gasteiger charge is 2.59. The summed E-state index contributed by atoms with van der Waals surface area (Å²) in [5.41, 5.74) is 6.15. The molecule has 324 valence electrons. The van der Waals surface area contributed by atoms with Crippen LogP contribution in [0.4, 0.5) is 10.1 Å². The van der Waals surface area contributed by atoms with Crippen molar-refractivity contribution in [1.82, 2.24) is 38.5 Å². The third kappa shape index (κ3) is 6.14. The van der Waals surface area contributed by atoms with Crippen molar-refractivity contribution in [3.63, 3.8) is 0 Å². The third-order valence-electron chi connectivity index (χ3n) is 13.7. The van der Waals surface area contributed by atoms with Crippen LogP contribution in [0.1, 0.15) is 94.9 Å². The highest BCUT2D eigenvalue weighted by atomic mass is 32.2. The zero-order valence-corrected chi connectivity index (χ0v) is 36.4. The molecule has 17 heteroatoms. The molecule has 1 N–H and O–H groups in total. The quantitative estimate of drug-likeness (QED) is 0.181. The lowest BCUT2D eigenvalue weighted by Crippen LogP contribution is -2.41. The van der Waals surface area contributed by atoms with E-state index in [1.165, 1.54) is 14.7 Å². The Morgan fingerprint density at radius 1 is 0.968 bits per heavy atom. The minimum atomic E-state index is -2.39. The Morgan fingerprint density at radius 2 is 1.71 bits per heavy atom. The van der Waals surface area contributed by atoms with Gasteiger partial charge >= 0.3 is 11.4 Å². The first-order chi connectivity index (χ1) is 30.2. The van der Waals surface area contributed by atoms with Gasteiger partial charge in [0.15, 0.2) is 5.82 Å². The maximum Gasteiger partial charge on any atom is 0.438 e. The molecule has 7 heterocycles. The fourth-order valence-corrected chi connectivity index (χ4v) is 11.9. The van der Waals surface area contributed by atoms with Crippen LogP contribution < -0.4 is 11.4 Å². The predicted octanol–water partition coefficient (Wildman–Crippen LogP) is 6.88. The first-order valence-electron chi connectivity index (χ1n) is 21.4. The van der Waals surface area contributed by atoms with Crippen LogP contribution >= 0.6 is 0 Å². The molecule has 11 rings (SSSR count). The molecule has 1 unspecified atom stereocenters. The van der Waals surface area contributed by atoms with Crippen molar-refractivity contribution in [2.45, 2.75) is 76.6 Å². The van der Waals surface area contributed by atoms with Crippen LogP contribution in [0.2, 0.25) is 0 Å². The lowest BCUT2D eigenvalue weighted by atomic mass is 9.91. The molecule has 3 aromatic carbocycles. The third-order valence-corrected chi connectivity index (χ3v) is 15.1. The zero-order chi connectivity index (χ0) is 43.7. The summed E-state index contributed by atoms with van der Waals surface area (Å²) in [6.07, 6.45) is 7.83. The summed E-state index contributed by atoms with van der Waals surface area (Å²) in [4.78, 5) is 47.2. The Kier molecular flexibility index (Phi) is 8.84. The molecule has 1 aliphatic carbocycles. The van der Waals surface area contributed by atoms with E-state index in [1.54, 1.807) is 61.4 Å². The number of nitrogens with one attached hydrogen (secondary N) is 1. The van der Waals surface area contributed by atoms with Crippen molar-refractivity contribution in [3.8, 4) is 17.2 Å². The van der Waals surface area contributed by atoms with Crippen LogP contribution in [-0.4, -0.2) is 74.7 Å². The number of carbonyl (C=O) groups excluding carboxylic acids is 1. The number of ether oxygens (including phenoxy) is 1. The lowest BCUT2D eigenvalue weighted by molar-refractivity contribution is 0.0663. The highest BCUT2D eigenvalue weighted by Crippen LogP contribution is 2.56. The van der Waals surface area contributed by atoms with E-state index in [2.05, 4.69) is 39.6 Å². The van der Waals surface area contributed by atoms with Crippen LogP contribution in [0.25, 0.3) is 28.1 Å². The monoisotopic (exact) mass is 871 g/mol. The normalized spacial score (nSPS) is 23.2. The second kappa shape index (κ2) is 14.1. The molecule has 4 aromatic heterocycles. The van der Waals surface area contributed by atoms with Gasteiger partial charge in [0, 0.05) is 61.3 Å². The molecular weight excluding hydrogens is 826 g/mol. The summed E-state index contributed by atoms with van der Waals surface area (Å²) in [5, 5.41) is 10.2. The number of carbonyl (C=O) groups is 1. The summed E-state index contributed by atoms with van der Waals surface area (Å²) in [7, 11) is -2.39. The van der Waals surface area contributed by atoms with Crippen molar-refractivity contribution < 1.29 is 22.7 Å². The summed E-state index contributed by atoms with van der Waals surface area (Å²) in [6.45, 7) is 9.15. The molecular formula is C46H46FN9O6S. The van der Waals surface area contributed by atoms with Crippen LogP contribution in [0, 0.1) is 25.6 Å². The van der Waals surface area contributed by atoms with E-state index in [1.807, 2.05) is 28.5 Å². The number of aromatic nitrogens is 7. The number of fused-ring (bicyclic) bond motifs is 3. The molecule has 1 saturated carbocycles. The maximum absolute atomic E-state index is 15.5. The van der Waals surface area contributed by atoms with Crippen LogP contribution in [-0.2, 0) is 32.2 Å². The van der Waals surface area contributed by atoms with Gasteiger partial charge in [-0.25, -0.2) is 22.9 Å². The zero-order valence-electron chi connectivity index (χ0n) is 35.6. The maximum atomic E-state index is 15.5. The van der Waals surface area contributed by atoms with E-state index in [9.17, 15) is 13.8 Å². The van der Waals surface area contributed by atoms with Crippen molar-refractivity contribution in [2.24, 2.45) is 10.3 Å². The average Bonchev–Trinajstić information content (AvgIpc) is 3.86. The SMILES string of the molecule is Cc1cc(-n2nc3c(c2-n2ccn(-c4ccc5c(c4)CS(C)(=O)=N5)c2=O)[C@H](C)N(C(=O)c2cc4cc(C5CCOCC5)ccc4n2[C@@]2(c4noc(=O)[nH]4)C[C@@H]2C)CC3)cc(C)c1F. The Morgan fingerprint density at radius 3 is 2.43 bits per heavy atom.